The lowest BCUT2D eigenvalue weighted by Gasteiger charge is -2.04. The molecule has 1 fully saturated rings. The highest BCUT2D eigenvalue weighted by Crippen LogP contribution is 2.31. The molecule has 0 bridgehead atoms. The van der Waals surface area contributed by atoms with E-state index >= 15 is 0 Å². The van der Waals surface area contributed by atoms with Gasteiger partial charge in [0.05, 0.1) is 11.6 Å². The number of hydrogen-bond donors (Lipinski definition) is 0. The van der Waals surface area contributed by atoms with Crippen molar-refractivity contribution in [3.8, 4) is 5.75 Å². The first-order valence-electron chi connectivity index (χ1n) is 7.29. The molecule has 0 saturated heterocycles. The van der Waals surface area contributed by atoms with Crippen LogP contribution >= 0.6 is 15.9 Å². The van der Waals surface area contributed by atoms with Crippen molar-refractivity contribution in [2.75, 3.05) is 7.11 Å². The van der Waals surface area contributed by atoms with Crippen LogP contribution in [0.25, 0.3) is 6.08 Å². The van der Waals surface area contributed by atoms with Crippen molar-refractivity contribution in [3.63, 3.8) is 0 Å². The molecule has 0 amide bonds. The third-order valence-corrected chi connectivity index (χ3v) is 4.22. The van der Waals surface area contributed by atoms with Crippen molar-refractivity contribution in [2.45, 2.75) is 33.1 Å². The first kappa shape index (κ1) is 16.0. The van der Waals surface area contributed by atoms with Crippen LogP contribution in [0.2, 0.25) is 0 Å². The van der Waals surface area contributed by atoms with E-state index in [9.17, 15) is 4.79 Å². The van der Waals surface area contributed by atoms with Crippen LogP contribution in [0.5, 0.6) is 5.75 Å². The van der Waals surface area contributed by atoms with Gasteiger partial charge < -0.3 is 4.74 Å². The Kier molecular flexibility index (Phi) is 5.40. The minimum atomic E-state index is 0.211. The first-order chi connectivity index (χ1) is 10.0. The Bertz CT molecular complexity index is 597. The van der Waals surface area contributed by atoms with E-state index in [1.165, 1.54) is 0 Å². The lowest BCUT2D eigenvalue weighted by molar-refractivity contribution is -0.111. The zero-order valence-corrected chi connectivity index (χ0v) is 14.4. The Morgan fingerprint density at radius 3 is 2.62 bits per heavy atom. The Labute approximate surface area is 135 Å². The number of rotatable bonds is 4. The second-order valence-electron chi connectivity index (χ2n) is 5.75. The van der Waals surface area contributed by atoms with Gasteiger partial charge in [-0.3, -0.25) is 4.79 Å². The van der Waals surface area contributed by atoms with Gasteiger partial charge in [-0.15, -0.1) is 0 Å². The average molecular weight is 349 g/mol. The van der Waals surface area contributed by atoms with Gasteiger partial charge in [0.15, 0.2) is 5.78 Å². The fraction of sp³-hybridized carbons (Fsp3) is 0.389. The summed E-state index contributed by atoms with van der Waals surface area (Å²) in [5.74, 6) is 1.60. The summed E-state index contributed by atoms with van der Waals surface area (Å²) in [7, 11) is 1.64. The quantitative estimate of drug-likeness (QED) is 0.701. The van der Waals surface area contributed by atoms with Gasteiger partial charge in [-0.1, -0.05) is 26.0 Å². The number of allylic oxidation sites excluding steroid dienone is 3. The summed E-state index contributed by atoms with van der Waals surface area (Å²) in [6, 6.07) is 5.86. The van der Waals surface area contributed by atoms with Crippen LogP contribution in [-0.4, -0.2) is 12.9 Å². The van der Waals surface area contributed by atoms with Crippen molar-refractivity contribution >= 4 is 27.8 Å². The summed E-state index contributed by atoms with van der Waals surface area (Å²) in [6.07, 6.45) is 6.78. The van der Waals surface area contributed by atoms with E-state index in [0.29, 0.717) is 5.92 Å². The maximum Gasteiger partial charge on any atom is 0.184 e. The van der Waals surface area contributed by atoms with Gasteiger partial charge in [0.2, 0.25) is 0 Å². The number of carbonyl (C=O) groups excluding carboxylic acids is 1. The molecule has 1 aromatic rings. The molecule has 0 atom stereocenters. The molecular formula is C18H21BrO2. The van der Waals surface area contributed by atoms with Crippen molar-refractivity contribution < 1.29 is 9.53 Å². The molecule has 1 aliphatic carbocycles. The predicted octanol–water partition coefficient (Wildman–Crippen LogP) is 5.18. The Morgan fingerprint density at radius 2 is 2.00 bits per heavy atom. The number of hydrogen-bond acceptors (Lipinski definition) is 2. The molecule has 1 aromatic carbocycles. The highest BCUT2D eigenvalue weighted by molar-refractivity contribution is 9.10. The SMILES string of the molecule is COc1ccc(C=C2CCC(=CCC(C)C)C2=O)cc1Br. The Balaban J connectivity index is 2.17. The average Bonchev–Trinajstić information content (AvgIpc) is 2.78. The number of methoxy groups -OCH3 is 1. The predicted molar refractivity (Wildman–Crippen MR) is 90.5 cm³/mol. The molecule has 0 unspecified atom stereocenters. The van der Waals surface area contributed by atoms with Crippen LogP contribution in [0.4, 0.5) is 0 Å². The van der Waals surface area contributed by atoms with Gasteiger partial charge in [-0.25, -0.2) is 0 Å². The van der Waals surface area contributed by atoms with Crippen LogP contribution in [0, 0.1) is 5.92 Å². The van der Waals surface area contributed by atoms with Gasteiger partial charge >= 0.3 is 0 Å². The molecule has 0 radical (unpaired) electrons. The molecule has 112 valence electrons. The number of ether oxygens (including phenoxy) is 1. The lowest BCUT2D eigenvalue weighted by atomic mass is 10.1. The van der Waals surface area contributed by atoms with Crippen LogP contribution in [-0.2, 0) is 4.79 Å². The van der Waals surface area contributed by atoms with E-state index in [-0.39, 0.29) is 5.78 Å². The van der Waals surface area contributed by atoms with Gasteiger partial charge in [0.1, 0.15) is 5.75 Å². The fourth-order valence-electron chi connectivity index (χ4n) is 2.39. The molecule has 1 saturated carbocycles. The highest BCUT2D eigenvalue weighted by Gasteiger charge is 2.22. The van der Waals surface area contributed by atoms with Crippen molar-refractivity contribution in [1.82, 2.24) is 0 Å². The molecule has 2 nitrogen and oxygen atoms in total. The largest absolute Gasteiger partial charge is 0.496 e. The molecule has 0 aliphatic heterocycles. The summed E-state index contributed by atoms with van der Waals surface area (Å²) in [5, 5.41) is 0. The molecular weight excluding hydrogens is 328 g/mol. The van der Waals surface area contributed by atoms with Crippen LogP contribution in [0.15, 0.2) is 39.9 Å². The molecule has 0 aromatic heterocycles. The van der Waals surface area contributed by atoms with Gasteiger partial charge in [-0.05, 0) is 70.5 Å². The van der Waals surface area contributed by atoms with Crippen LogP contribution < -0.4 is 4.74 Å². The number of carbonyl (C=O) groups is 1. The smallest absolute Gasteiger partial charge is 0.184 e. The first-order valence-corrected chi connectivity index (χ1v) is 8.08. The summed E-state index contributed by atoms with van der Waals surface area (Å²) in [4.78, 5) is 12.4. The van der Waals surface area contributed by atoms with Crippen molar-refractivity contribution in [3.05, 3.63) is 45.5 Å². The fourth-order valence-corrected chi connectivity index (χ4v) is 2.95. The van der Waals surface area contributed by atoms with Crippen molar-refractivity contribution in [1.29, 1.82) is 0 Å². The third kappa shape index (κ3) is 4.07. The number of Topliss-reactive ketones (excluding diaryl/α,β-unsaturated/α-hetero) is 1. The maximum atomic E-state index is 12.4. The maximum absolute atomic E-state index is 12.4. The van der Waals surface area contributed by atoms with E-state index in [0.717, 1.165) is 46.2 Å². The number of ketones is 1. The van der Waals surface area contributed by atoms with Gasteiger partial charge in [0, 0.05) is 5.57 Å². The normalized spacial score (nSPS) is 19.0. The van der Waals surface area contributed by atoms with Gasteiger partial charge in [0.25, 0.3) is 0 Å². The van der Waals surface area contributed by atoms with Crippen molar-refractivity contribution in [2.24, 2.45) is 5.92 Å². The van der Waals surface area contributed by atoms with E-state index in [4.69, 9.17) is 4.74 Å². The minimum Gasteiger partial charge on any atom is -0.496 e. The number of halogens is 1. The summed E-state index contributed by atoms with van der Waals surface area (Å²) >= 11 is 3.47. The van der Waals surface area contributed by atoms with E-state index in [1.807, 2.05) is 24.3 Å². The second kappa shape index (κ2) is 7.08. The third-order valence-electron chi connectivity index (χ3n) is 3.60. The van der Waals surface area contributed by atoms with E-state index in [2.05, 4.69) is 35.9 Å². The molecule has 1 aliphatic rings. The number of benzene rings is 1. The molecule has 0 N–H and O–H groups in total. The summed E-state index contributed by atoms with van der Waals surface area (Å²) < 4.78 is 6.12. The molecule has 3 heteroatoms. The standard InChI is InChI=1S/C18H21BrO2/c1-12(2)4-6-14-7-8-15(18(14)20)10-13-5-9-17(21-3)16(19)11-13/h5-6,9-12H,4,7-8H2,1-3H3. The molecule has 2 rings (SSSR count). The molecule has 21 heavy (non-hydrogen) atoms. The summed E-state index contributed by atoms with van der Waals surface area (Å²) in [6.45, 7) is 4.34. The Morgan fingerprint density at radius 1 is 1.29 bits per heavy atom. The zero-order valence-electron chi connectivity index (χ0n) is 12.8. The molecule has 0 spiro atoms. The zero-order chi connectivity index (χ0) is 15.4. The van der Waals surface area contributed by atoms with Crippen LogP contribution in [0.1, 0.15) is 38.7 Å². The Hall–Kier alpha value is -1.35. The van der Waals surface area contributed by atoms with E-state index in [1.54, 1.807) is 7.11 Å². The van der Waals surface area contributed by atoms with Gasteiger partial charge in [-0.2, -0.15) is 0 Å². The molecule has 0 heterocycles. The van der Waals surface area contributed by atoms with E-state index < -0.39 is 0 Å². The minimum absolute atomic E-state index is 0.211. The summed E-state index contributed by atoms with van der Waals surface area (Å²) in [5.41, 5.74) is 2.90. The highest BCUT2D eigenvalue weighted by atomic mass is 79.9. The monoisotopic (exact) mass is 348 g/mol. The topological polar surface area (TPSA) is 26.3 Å². The van der Waals surface area contributed by atoms with Crippen LogP contribution in [0.3, 0.4) is 0 Å². The lowest BCUT2D eigenvalue weighted by Crippen LogP contribution is -1.96. The second-order valence-corrected chi connectivity index (χ2v) is 6.61.